The highest BCUT2D eigenvalue weighted by molar-refractivity contribution is 14.1. The van der Waals surface area contributed by atoms with E-state index in [2.05, 4.69) is 32.7 Å². The van der Waals surface area contributed by atoms with Crippen LogP contribution in [0.15, 0.2) is 36.9 Å². The molecule has 2 rings (SSSR count). The summed E-state index contributed by atoms with van der Waals surface area (Å²) in [6, 6.07) is 3.98. The van der Waals surface area contributed by atoms with Gasteiger partial charge in [0.2, 0.25) is 0 Å². The van der Waals surface area contributed by atoms with Crippen molar-refractivity contribution in [3.05, 3.63) is 46.1 Å². The van der Waals surface area contributed by atoms with Gasteiger partial charge in [-0.15, -0.1) is 0 Å². The highest BCUT2D eigenvalue weighted by Crippen LogP contribution is 2.04. The molecule has 0 bridgehead atoms. The summed E-state index contributed by atoms with van der Waals surface area (Å²) in [5, 5.41) is 4.19. The molecule has 13 heavy (non-hydrogen) atoms. The molecule has 0 atom stereocenters. The molecule has 0 aromatic carbocycles. The van der Waals surface area contributed by atoms with E-state index in [-0.39, 0.29) is 0 Å². The molecule has 0 saturated heterocycles. The zero-order valence-corrected chi connectivity index (χ0v) is 9.05. The molecule has 0 spiro atoms. The maximum absolute atomic E-state index is 4.19. The van der Waals surface area contributed by atoms with E-state index in [1.54, 1.807) is 6.20 Å². The molecule has 0 radical (unpaired) electrons. The second-order valence-electron chi connectivity index (χ2n) is 2.72. The Morgan fingerprint density at radius 1 is 1.38 bits per heavy atom. The smallest absolute Gasteiger partial charge is 0.0674 e. The Morgan fingerprint density at radius 2 is 2.31 bits per heavy atom. The molecule has 0 aliphatic rings. The van der Waals surface area contributed by atoms with Crippen LogP contribution >= 0.6 is 22.6 Å². The fraction of sp³-hybridized carbons (Fsp3) is 0.111. The third-order valence-corrected chi connectivity index (χ3v) is 2.23. The largest absolute Gasteiger partial charge is 0.267 e. The van der Waals surface area contributed by atoms with Crippen molar-refractivity contribution in [2.45, 2.75) is 6.54 Å². The minimum Gasteiger partial charge on any atom is -0.267 e. The Labute approximate surface area is 89.9 Å². The number of aromatic nitrogens is 3. The molecular weight excluding hydrogens is 277 g/mol. The molecule has 0 saturated carbocycles. The Balaban J connectivity index is 2.15. The van der Waals surface area contributed by atoms with Crippen molar-refractivity contribution in [3.8, 4) is 0 Å². The second-order valence-corrected chi connectivity index (χ2v) is 3.96. The van der Waals surface area contributed by atoms with Crippen LogP contribution in [0, 0.1) is 3.57 Å². The van der Waals surface area contributed by atoms with Crippen molar-refractivity contribution in [2.24, 2.45) is 0 Å². The zero-order chi connectivity index (χ0) is 9.10. The summed E-state index contributed by atoms with van der Waals surface area (Å²) in [5.74, 6) is 0. The summed E-state index contributed by atoms with van der Waals surface area (Å²) >= 11 is 2.24. The van der Waals surface area contributed by atoms with E-state index < -0.39 is 0 Å². The summed E-state index contributed by atoms with van der Waals surface area (Å²) in [7, 11) is 0. The molecule has 0 amide bonds. The third-order valence-electron chi connectivity index (χ3n) is 1.67. The van der Waals surface area contributed by atoms with Gasteiger partial charge >= 0.3 is 0 Å². The molecule has 2 aromatic heterocycles. The van der Waals surface area contributed by atoms with E-state index in [4.69, 9.17) is 0 Å². The number of halogens is 1. The molecule has 66 valence electrons. The molecule has 0 aliphatic heterocycles. The number of pyridine rings is 1. The molecule has 0 aliphatic carbocycles. The van der Waals surface area contributed by atoms with Crippen molar-refractivity contribution in [1.82, 2.24) is 14.8 Å². The predicted molar refractivity (Wildman–Crippen MR) is 58.3 cm³/mol. The minimum atomic E-state index is 0.789. The number of hydrogen-bond donors (Lipinski definition) is 0. The first kappa shape index (κ1) is 8.68. The zero-order valence-electron chi connectivity index (χ0n) is 6.89. The van der Waals surface area contributed by atoms with Crippen LogP contribution in [0.4, 0.5) is 0 Å². The van der Waals surface area contributed by atoms with Gasteiger partial charge < -0.3 is 0 Å². The van der Waals surface area contributed by atoms with Gasteiger partial charge in [0.15, 0.2) is 0 Å². The maximum atomic E-state index is 4.19. The maximum Gasteiger partial charge on any atom is 0.0674 e. The lowest BCUT2D eigenvalue weighted by atomic mass is 10.3. The molecule has 0 fully saturated rings. The lowest BCUT2D eigenvalue weighted by Crippen LogP contribution is -1.99. The molecule has 2 heterocycles. The van der Waals surface area contributed by atoms with Gasteiger partial charge in [-0.05, 0) is 34.2 Å². The highest BCUT2D eigenvalue weighted by atomic mass is 127. The van der Waals surface area contributed by atoms with Gasteiger partial charge in [0.05, 0.1) is 16.3 Å². The lowest BCUT2D eigenvalue weighted by Gasteiger charge is -1.99. The van der Waals surface area contributed by atoms with Gasteiger partial charge in [0, 0.05) is 18.6 Å². The SMILES string of the molecule is Ic1cnn(Cc2cccnc2)c1. The molecule has 0 unspecified atom stereocenters. The van der Waals surface area contributed by atoms with Crippen molar-refractivity contribution >= 4 is 22.6 Å². The van der Waals surface area contributed by atoms with Crippen molar-refractivity contribution in [2.75, 3.05) is 0 Å². The second kappa shape index (κ2) is 3.87. The molecular formula is C9H8IN3. The van der Waals surface area contributed by atoms with E-state index in [1.165, 1.54) is 5.56 Å². The summed E-state index contributed by atoms with van der Waals surface area (Å²) in [4.78, 5) is 4.04. The van der Waals surface area contributed by atoms with E-state index >= 15 is 0 Å². The first-order valence-electron chi connectivity index (χ1n) is 3.91. The van der Waals surface area contributed by atoms with E-state index in [9.17, 15) is 0 Å². The standard InChI is InChI=1S/C9H8IN3/c10-9-5-12-13(7-9)6-8-2-1-3-11-4-8/h1-5,7H,6H2. The van der Waals surface area contributed by atoms with E-state index in [0.717, 1.165) is 10.1 Å². The Morgan fingerprint density at radius 3 is 2.92 bits per heavy atom. The van der Waals surface area contributed by atoms with Crippen LogP contribution in [0.1, 0.15) is 5.56 Å². The lowest BCUT2D eigenvalue weighted by molar-refractivity contribution is 0.684. The first-order chi connectivity index (χ1) is 6.34. The fourth-order valence-electron chi connectivity index (χ4n) is 1.10. The molecule has 3 nitrogen and oxygen atoms in total. The predicted octanol–water partition coefficient (Wildman–Crippen LogP) is 1.93. The first-order valence-corrected chi connectivity index (χ1v) is 4.99. The minimum absolute atomic E-state index is 0.789. The van der Waals surface area contributed by atoms with Crippen LogP contribution < -0.4 is 0 Å². The summed E-state index contributed by atoms with van der Waals surface area (Å²) in [6.07, 6.45) is 7.48. The highest BCUT2D eigenvalue weighted by Gasteiger charge is 1.96. The Kier molecular flexibility index (Phi) is 2.58. The van der Waals surface area contributed by atoms with Crippen LogP contribution in [0.2, 0.25) is 0 Å². The summed E-state index contributed by atoms with van der Waals surface area (Å²) < 4.78 is 3.06. The normalized spacial score (nSPS) is 10.2. The third kappa shape index (κ3) is 2.27. The molecule has 0 N–H and O–H groups in total. The van der Waals surface area contributed by atoms with Crippen LogP contribution in [0.3, 0.4) is 0 Å². The molecule has 2 aromatic rings. The topological polar surface area (TPSA) is 30.7 Å². The van der Waals surface area contributed by atoms with Crippen LogP contribution in [0.5, 0.6) is 0 Å². The van der Waals surface area contributed by atoms with E-state index in [1.807, 2.05) is 35.4 Å². The van der Waals surface area contributed by atoms with Crippen LogP contribution in [-0.4, -0.2) is 14.8 Å². The van der Waals surface area contributed by atoms with Gasteiger partial charge in [0.1, 0.15) is 0 Å². The summed E-state index contributed by atoms with van der Waals surface area (Å²) in [6.45, 7) is 0.789. The quantitative estimate of drug-likeness (QED) is 0.789. The van der Waals surface area contributed by atoms with Gasteiger partial charge in [0.25, 0.3) is 0 Å². The summed E-state index contributed by atoms with van der Waals surface area (Å²) in [5.41, 5.74) is 1.17. The van der Waals surface area contributed by atoms with Crippen molar-refractivity contribution < 1.29 is 0 Å². The van der Waals surface area contributed by atoms with Gasteiger partial charge in [-0.25, -0.2) is 0 Å². The van der Waals surface area contributed by atoms with Crippen molar-refractivity contribution in [3.63, 3.8) is 0 Å². The van der Waals surface area contributed by atoms with Crippen LogP contribution in [0.25, 0.3) is 0 Å². The molecule has 4 heteroatoms. The fourth-order valence-corrected chi connectivity index (χ4v) is 1.55. The number of hydrogen-bond acceptors (Lipinski definition) is 2. The number of rotatable bonds is 2. The van der Waals surface area contributed by atoms with E-state index in [0.29, 0.717) is 0 Å². The van der Waals surface area contributed by atoms with Gasteiger partial charge in [-0.1, -0.05) is 6.07 Å². The van der Waals surface area contributed by atoms with Crippen LogP contribution in [-0.2, 0) is 6.54 Å². The monoisotopic (exact) mass is 285 g/mol. The van der Waals surface area contributed by atoms with Crippen molar-refractivity contribution in [1.29, 1.82) is 0 Å². The van der Waals surface area contributed by atoms with Gasteiger partial charge in [-0.3, -0.25) is 9.67 Å². The van der Waals surface area contributed by atoms with Gasteiger partial charge in [-0.2, -0.15) is 5.10 Å². The average Bonchev–Trinajstić information content (AvgIpc) is 2.53. The Bertz CT molecular complexity index is 383. The average molecular weight is 285 g/mol. The number of nitrogens with zero attached hydrogens (tertiary/aromatic N) is 3. The Hall–Kier alpha value is -0.910.